The van der Waals surface area contributed by atoms with Gasteiger partial charge >= 0.3 is 18.1 Å². The Balaban J connectivity index is 0.000000383. The molecule has 4 rings (SSSR count). The number of hydrogen-bond donors (Lipinski definition) is 3. The maximum Gasteiger partial charge on any atom is 0.490 e. The molecule has 4 aromatic rings. The van der Waals surface area contributed by atoms with Crippen molar-refractivity contribution in [2.45, 2.75) is 6.18 Å². The summed E-state index contributed by atoms with van der Waals surface area (Å²) in [7, 11) is 0. The highest BCUT2D eigenvalue weighted by Gasteiger charge is 2.38. The average molecular weight is 454 g/mol. The van der Waals surface area contributed by atoms with E-state index in [0.717, 1.165) is 27.6 Å². The molecule has 0 aliphatic rings. The lowest BCUT2D eigenvalue weighted by atomic mass is 10.0. The molecule has 1 heterocycles. The van der Waals surface area contributed by atoms with Gasteiger partial charge in [0.25, 0.3) is 0 Å². The first-order chi connectivity index (χ1) is 15.7. The minimum Gasteiger partial charge on any atom is -0.478 e. The molecule has 168 valence electrons. The topological polar surface area (TPSA) is 99.5 Å². The second-order valence-electron chi connectivity index (χ2n) is 6.77. The number of pyridine rings is 1. The lowest BCUT2D eigenvalue weighted by Gasteiger charge is -2.13. The summed E-state index contributed by atoms with van der Waals surface area (Å²) >= 11 is 0. The summed E-state index contributed by atoms with van der Waals surface area (Å²) in [6.45, 7) is 0. The van der Waals surface area contributed by atoms with E-state index >= 15 is 0 Å². The van der Waals surface area contributed by atoms with Crippen LogP contribution in [0.4, 0.5) is 24.5 Å². The fraction of sp³-hybridized carbons (Fsp3) is 0.0417. The van der Waals surface area contributed by atoms with Crippen LogP contribution in [-0.4, -0.2) is 33.3 Å². The van der Waals surface area contributed by atoms with Gasteiger partial charge in [-0.3, -0.25) is 4.98 Å². The minimum absolute atomic E-state index is 0.220. The number of halogens is 3. The van der Waals surface area contributed by atoms with Crippen LogP contribution in [0.2, 0.25) is 0 Å². The van der Waals surface area contributed by atoms with Crippen LogP contribution < -0.4 is 5.32 Å². The minimum atomic E-state index is -5.08. The molecular weight excluding hydrogens is 437 g/mol. The summed E-state index contributed by atoms with van der Waals surface area (Å²) in [4.78, 5) is 24.8. The highest BCUT2D eigenvalue weighted by Crippen LogP contribution is 2.30. The quantitative estimate of drug-likeness (QED) is 0.351. The fourth-order valence-electron chi connectivity index (χ4n) is 3.01. The van der Waals surface area contributed by atoms with E-state index in [1.54, 1.807) is 18.5 Å². The molecule has 0 unspecified atom stereocenters. The predicted octanol–water partition coefficient (Wildman–Crippen LogP) is 5.98. The van der Waals surface area contributed by atoms with Crippen molar-refractivity contribution in [2.24, 2.45) is 0 Å². The lowest BCUT2D eigenvalue weighted by Crippen LogP contribution is -2.21. The molecule has 0 amide bonds. The van der Waals surface area contributed by atoms with Crippen LogP contribution in [0.5, 0.6) is 0 Å². The molecule has 9 heteroatoms. The zero-order valence-corrected chi connectivity index (χ0v) is 16.9. The number of fused-ring (bicyclic) bond motifs is 1. The molecule has 3 aromatic carbocycles. The first kappa shape index (κ1) is 23.3. The number of nitrogens with one attached hydrogen (secondary N) is 1. The van der Waals surface area contributed by atoms with Gasteiger partial charge in [-0.05, 0) is 23.3 Å². The van der Waals surface area contributed by atoms with Gasteiger partial charge in [-0.2, -0.15) is 13.2 Å². The molecule has 0 aliphatic carbocycles. The number of hydrogen-bond acceptors (Lipinski definition) is 4. The van der Waals surface area contributed by atoms with Crippen molar-refractivity contribution in [3.05, 3.63) is 90.8 Å². The SMILES string of the molecule is O=C(O)C(F)(F)F.O=C(O)c1ccc(-c2ccccc2)cc1Nc1cncc2ccccc12. The molecule has 3 N–H and O–H groups in total. The number of carboxylic acids is 2. The normalized spacial score (nSPS) is 10.8. The Bertz CT molecular complexity index is 1290. The molecule has 0 fully saturated rings. The number of alkyl halides is 3. The summed E-state index contributed by atoms with van der Waals surface area (Å²) in [5.74, 6) is -3.73. The van der Waals surface area contributed by atoms with E-state index in [9.17, 15) is 23.1 Å². The largest absolute Gasteiger partial charge is 0.490 e. The predicted molar refractivity (Wildman–Crippen MR) is 118 cm³/mol. The zero-order chi connectivity index (χ0) is 24.0. The molecule has 0 atom stereocenters. The van der Waals surface area contributed by atoms with Gasteiger partial charge in [0, 0.05) is 17.0 Å². The number of aromatic carboxylic acids is 1. The molecular formula is C24H17F3N2O4. The van der Waals surface area contributed by atoms with Crippen LogP contribution in [-0.2, 0) is 4.79 Å². The van der Waals surface area contributed by atoms with E-state index in [2.05, 4.69) is 10.3 Å². The van der Waals surface area contributed by atoms with E-state index in [1.807, 2.05) is 66.7 Å². The number of aliphatic carboxylic acids is 1. The van der Waals surface area contributed by atoms with Gasteiger partial charge in [-0.15, -0.1) is 0 Å². The van der Waals surface area contributed by atoms with Crippen molar-refractivity contribution in [1.29, 1.82) is 0 Å². The Morgan fingerprint density at radius 3 is 2.06 bits per heavy atom. The van der Waals surface area contributed by atoms with E-state index in [1.165, 1.54) is 0 Å². The summed E-state index contributed by atoms with van der Waals surface area (Å²) in [5.41, 5.74) is 3.51. The van der Waals surface area contributed by atoms with Crippen LogP contribution in [0.3, 0.4) is 0 Å². The van der Waals surface area contributed by atoms with Gasteiger partial charge < -0.3 is 15.5 Å². The van der Waals surface area contributed by atoms with Gasteiger partial charge in [0.2, 0.25) is 0 Å². The molecule has 0 aliphatic heterocycles. The highest BCUT2D eigenvalue weighted by atomic mass is 19.4. The second kappa shape index (κ2) is 9.82. The summed E-state index contributed by atoms with van der Waals surface area (Å²) < 4.78 is 31.7. The number of rotatable bonds is 4. The van der Waals surface area contributed by atoms with Gasteiger partial charge in [-0.1, -0.05) is 60.7 Å². The average Bonchev–Trinajstić information content (AvgIpc) is 2.79. The van der Waals surface area contributed by atoms with Crippen molar-refractivity contribution in [3.8, 4) is 11.1 Å². The first-order valence-electron chi connectivity index (χ1n) is 9.49. The third-order valence-corrected chi connectivity index (χ3v) is 4.54. The van der Waals surface area contributed by atoms with Crippen LogP contribution >= 0.6 is 0 Å². The summed E-state index contributed by atoms with van der Waals surface area (Å²) in [5, 5.41) is 21.9. The van der Waals surface area contributed by atoms with Crippen LogP contribution in [0, 0.1) is 0 Å². The Morgan fingerprint density at radius 2 is 1.42 bits per heavy atom. The van der Waals surface area contributed by atoms with Crippen molar-refractivity contribution in [3.63, 3.8) is 0 Å². The Kier molecular flexibility index (Phi) is 6.92. The first-order valence-corrected chi connectivity index (χ1v) is 9.49. The number of benzene rings is 3. The smallest absolute Gasteiger partial charge is 0.478 e. The Hall–Kier alpha value is -4.40. The summed E-state index contributed by atoms with van der Waals surface area (Å²) in [6, 6.07) is 23.1. The summed E-state index contributed by atoms with van der Waals surface area (Å²) in [6.07, 6.45) is -1.58. The van der Waals surface area contributed by atoms with Crippen LogP contribution in [0.1, 0.15) is 10.4 Å². The fourth-order valence-corrected chi connectivity index (χ4v) is 3.01. The molecule has 1 aromatic heterocycles. The Labute approximate surface area is 186 Å². The molecule has 0 saturated heterocycles. The molecule has 0 spiro atoms. The van der Waals surface area contributed by atoms with Gasteiger partial charge in [0.1, 0.15) is 0 Å². The second-order valence-corrected chi connectivity index (χ2v) is 6.77. The van der Waals surface area contributed by atoms with E-state index in [0.29, 0.717) is 5.69 Å². The molecule has 0 bridgehead atoms. The van der Waals surface area contributed by atoms with Crippen molar-refractivity contribution >= 4 is 34.1 Å². The maximum absolute atomic E-state index is 11.7. The van der Waals surface area contributed by atoms with E-state index in [-0.39, 0.29) is 5.56 Å². The monoisotopic (exact) mass is 454 g/mol. The van der Waals surface area contributed by atoms with Crippen LogP contribution in [0.25, 0.3) is 21.9 Å². The molecule has 33 heavy (non-hydrogen) atoms. The standard InChI is InChI=1S/C22H16N2O2.C2HF3O2/c25-22(26)19-11-10-16(15-6-2-1-3-7-15)12-20(19)24-21-14-23-13-17-8-4-5-9-18(17)21;3-2(4,5)1(6)7/h1-14,24H,(H,25,26);(H,6,7). The van der Waals surface area contributed by atoms with Crippen molar-refractivity contribution < 1.29 is 33.0 Å². The van der Waals surface area contributed by atoms with Gasteiger partial charge in [0.05, 0.1) is 23.1 Å². The van der Waals surface area contributed by atoms with E-state index in [4.69, 9.17) is 9.90 Å². The number of aromatic nitrogens is 1. The van der Waals surface area contributed by atoms with Crippen LogP contribution in [0.15, 0.2) is 85.2 Å². The molecule has 0 radical (unpaired) electrons. The van der Waals surface area contributed by atoms with E-state index < -0.39 is 18.1 Å². The van der Waals surface area contributed by atoms with Gasteiger partial charge in [0.15, 0.2) is 0 Å². The van der Waals surface area contributed by atoms with Crippen molar-refractivity contribution in [1.82, 2.24) is 4.98 Å². The number of nitrogens with zero attached hydrogens (tertiary/aromatic N) is 1. The Morgan fingerprint density at radius 1 is 0.788 bits per heavy atom. The third-order valence-electron chi connectivity index (χ3n) is 4.54. The zero-order valence-electron chi connectivity index (χ0n) is 16.9. The number of carbonyl (C=O) groups is 2. The molecule has 0 saturated carbocycles. The number of carboxylic acid groups (broad SMARTS) is 2. The third kappa shape index (κ3) is 5.85. The van der Waals surface area contributed by atoms with Crippen molar-refractivity contribution in [2.75, 3.05) is 5.32 Å². The molecule has 6 nitrogen and oxygen atoms in total. The number of anilines is 2. The maximum atomic E-state index is 11.7. The van der Waals surface area contributed by atoms with Gasteiger partial charge in [-0.25, -0.2) is 9.59 Å². The lowest BCUT2D eigenvalue weighted by molar-refractivity contribution is -0.192. The highest BCUT2D eigenvalue weighted by molar-refractivity contribution is 6.00.